The predicted octanol–water partition coefficient (Wildman–Crippen LogP) is 2.64. The quantitative estimate of drug-likeness (QED) is 0.821. The number of hydrogen-bond donors (Lipinski definition) is 0. The summed E-state index contributed by atoms with van der Waals surface area (Å²) in [5.74, 6) is 0. The lowest BCUT2D eigenvalue weighted by Gasteiger charge is -2.10. The van der Waals surface area contributed by atoms with Crippen LogP contribution >= 0.6 is 11.8 Å². The van der Waals surface area contributed by atoms with Crippen molar-refractivity contribution in [3.05, 3.63) is 35.9 Å². The van der Waals surface area contributed by atoms with Gasteiger partial charge >= 0.3 is 0 Å². The van der Waals surface area contributed by atoms with Gasteiger partial charge in [0, 0.05) is 12.2 Å². The molecule has 0 aliphatic carbocycles. The molecule has 0 spiro atoms. The second-order valence-electron chi connectivity index (χ2n) is 4.42. The van der Waals surface area contributed by atoms with E-state index in [9.17, 15) is 4.79 Å². The van der Waals surface area contributed by atoms with Crippen molar-refractivity contribution in [2.75, 3.05) is 13.2 Å². The number of thioether (sulfide) groups is 1. The predicted molar refractivity (Wildman–Crippen MR) is 72.5 cm³/mol. The first kappa shape index (κ1) is 13.6. The van der Waals surface area contributed by atoms with Crippen LogP contribution in [0.15, 0.2) is 30.3 Å². The summed E-state index contributed by atoms with van der Waals surface area (Å²) in [6.07, 6.45) is 1.03. The van der Waals surface area contributed by atoms with E-state index in [1.807, 2.05) is 30.3 Å². The van der Waals surface area contributed by atoms with Crippen molar-refractivity contribution in [3.8, 4) is 0 Å². The summed E-state index contributed by atoms with van der Waals surface area (Å²) < 4.78 is 11.2. The van der Waals surface area contributed by atoms with Crippen molar-refractivity contribution in [2.24, 2.45) is 0 Å². The molecule has 0 amide bonds. The van der Waals surface area contributed by atoms with Gasteiger partial charge in [-0.25, -0.2) is 0 Å². The molecule has 1 aliphatic heterocycles. The molecule has 0 N–H and O–H groups in total. The van der Waals surface area contributed by atoms with Crippen molar-refractivity contribution in [2.45, 2.75) is 31.3 Å². The molecule has 1 aromatic rings. The van der Waals surface area contributed by atoms with Gasteiger partial charge in [-0.05, 0) is 12.0 Å². The Morgan fingerprint density at radius 2 is 2.22 bits per heavy atom. The van der Waals surface area contributed by atoms with E-state index in [0.29, 0.717) is 25.1 Å². The maximum Gasteiger partial charge on any atom is 0.186 e. The zero-order chi connectivity index (χ0) is 12.8. The van der Waals surface area contributed by atoms with Crippen LogP contribution in [0.1, 0.15) is 18.9 Å². The van der Waals surface area contributed by atoms with Crippen molar-refractivity contribution < 1.29 is 14.3 Å². The molecule has 1 aromatic carbocycles. The summed E-state index contributed by atoms with van der Waals surface area (Å²) in [5, 5.41) is 0.460. The topological polar surface area (TPSA) is 35.5 Å². The molecular weight excluding hydrogens is 248 g/mol. The van der Waals surface area contributed by atoms with E-state index in [1.165, 1.54) is 17.3 Å². The molecule has 1 saturated heterocycles. The molecule has 0 saturated carbocycles. The standard InChI is InChI=1S/C14H18O3S/c1-11(15)18-14-7-13(17-10-14)9-16-8-12-5-3-2-4-6-12/h2-6,13-14H,7-10H2,1H3/t13-,14+/m1/s1. The molecule has 0 bridgehead atoms. The second-order valence-corrected chi connectivity index (χ2v) is 5.90. The maximum atomic E-state index is 11.0. The van der Waals surface area contributed by atoms with E-state index in [-0.39, 0.29) is 11.2 Å². The fourth-order valence-electron chi connectivity index (χ4n) is 1.99. The average Bonchev–Trinajstić information content (AvgIpc) is 2.77. The lowest BCUT2D eigenvalue weighted by Crippen LogP contribution is -2.14. The number of carbonyl (C=O) groups excluding carboxylic acids is 1. The highest BCUT2D eigenvalue weighted by Gasteiger charge is 2.26. The Hall–Kier alpha value is -0.840. The Morgan fingerprint density at radius 3 is 2.94 bits per heavy atom. The Labute approximate surface area is 112 Å². The maximum absolute atomic E-state index is 11.0. The molecular formula is C14H18O3S. The summed E-state index contributed by atoms with van der Waals surface area (Å²) >= 11 is 1.38. The molecule has 2 rings (SSSR count). The summed E-state index contributed by atoms with van der Waals surface area (Å²) in [4.78, 5) is 11.0. The van der Waals surface area contributed by atoms with Crippen LogP contribution in [-0.4, -0.2) is 29.7 Å². The van der Waals surface area contributed by atoms with E-state index in [1.54, 1.807) is 6.92 Å². The third-order valence-electron chi connectivity index (χ3n) is 2.79. The van der Waals surface area contributed by atoms with Crippen molar-refractivity contribution in [1.29, 1.82) is 0 Å². The van der Waals surface area contributed by atoms with Gasteiger partial charge in [0.1, 0.15) is 0 Å². The highest BCUT2D eigenvalue weighted by molar-refractivity contribution is 8.14. The number of ether oxygens (including phenoxy) is 2. The largest absolute Gasteiger partial charge is 0.375 e. The van der Waals surface area contributed by atoms with Crippen molar-refractivity contribution in [1.82, 2.24) is 0 Å². The van der Waals surface area contributed by atoms with E-state index < -0.39 is 0 Å². The third-order valence-corrected chi connectivity index (χ3v) is 3.79. The second kappa shape index (κ2) is 6.92. The van der Waals surface area contributed by atoms with Crippen molar-refractivity contribution in [3.63, 3.8) is 0 Å². The normalized spacial score (nSPS) is 23.2. The monoisotopic (exact) mass is 266 g/mol. The highest BCUT2D eigenvalue weighted by Crippen LogP contribution is 2.25. The Balaban J connectivity index is 1.65. The van der Waals surface area contributed by atoms with Gasteiger partial charge in [0.2, 0.25) is 0 Å². The van der Waals surface area contributed by atoms with Gasteiger partial charge in [0.05, 0.1) is 25.9 Å². The van der Waals surface area contributed by atoms with Crippen LogP contribution < -0.4 is 0 Å². The average molecular weight is 266 g/mol. The van der Waals surface area contributed by atoms with Gasteiger partial charge in [0.25, 0.3) is 0 Å². The number of hydrogen-bond acceptors (Lipinski definition) is 4. The Kier molecular flexibility index (Phi) is 5.23. The summed E-state index contributed by atoms with van der Waals surface area (Å²) in [7, 11) is 0. The van der Waals surface area contributed by atoms with Crippen LogP contribution in [0.25, 0.3) is 0 Å². The first-order chi connectivity index (χ1) is 8.74. The Bertz CT molecular complexity index is 380. The third kappa shape index (κ3) is 4.44. The first-order valence-corrected chi connectivity index (χ1v) is 7.02. The zero-order valence-corrected chi connectivity index (χ0v) is 11.3. The zero-order valence-electron chi connectivity index (χ0n) is 10.5. The van der Waals surface area contributed by atoms with Crippen LogP contribution in [-0.2, 0) is 20.9 Å². The van der Waals surface area contributed by atoms with Gasteiger partial charge in [-0.15, -0.1) is 0 Å². The molecule has 0 unspecified atom stereocenters. The number of benzene rings is 1. The summed E-state index contributed by atoms with van der Waals surface area (Å²) in [6, 6.07) is 10.1. The SMILES string of the molecule is CC(=O)S[C@@H]1CO[C@@H](COCc2ccccc2)C1. The van der Waals surface area contributed by atoms with Gasteiger partial charge in [0.15, 0.2) is 5.12 Å². The minimum absolute atomic E-state index is 0.130. The van der Waals surface area contributed by atoms with Crippen molar-refractivity contribution >= 4 is 16.9 Å². The number of carbonyl (C=O) groups is 1. The molecule has 1 heterocycles. The molecule has 1 fully saturated rings. The molecule has 2 atom stereocenters. The smallest absolute Gasteiger partial charge is 0.186 e. The first-order valence-electron chi connectivity index (χ1n) is 6.14. The Morgan fingerprint density at radius 1 is 1.44 bits per heavy atom. The van der Waals surface area contributed by atoms with Gasteiger partial charge in [-0.3, -0.25) is 4.79 Å². The molecule has 18 heavy (non-hydrogen) atoms. The van der Waals surface area contributed by atoms with Crippen LogP contribution in [0.3, 0.4) is 0 Å². The van der Waals surface area contributed by atoms with E-state index >= 15 is 0 Å². The van der Waals surface area contributed by atoms with E-state index in [0.717, 1.165) is 6.42 Å². The number of rotatable bonds is 5. The van der Waals surface area contributed by atoms with Gasteiger partial charge in [-0.2, -0.15) is 0 Å². The van der Waals surface area contributed by atoms with E-state index in [2.05, 4.69) is 0 Å². The fourth-order valence-corrected chi connectivity index (χ4v) is 2.92. The summed E-state index contributed by atoms with van der Waals surface area (Å²) in [5.41, 5.74) is 1.17. The lowest BCUT2D eigenvalue weighted by molar-refractivity contribution is -0.109. The van der Waals surface area contributed by atoms with E-state index in [4.69, 9.17) is 9.47 Å². The van der Waals surface area contributed by atoms with Crippen LogP contribution in [0.4, 0.5) is 0 Å². The molecule has 0 radical (unpaired) electrons. The molecule has 0 aromatic heterocycles. The van der Waals surface area contributed by atoms with Gasteiger partial charge < -0.3 is 9.47 Å². The summed E-state index contributed by atoms with van der Waals surface area (Å²) in [6.45, 7) is 3.47. The minimum atomic E-state index is 0.130. The highest BCUT2D eigenvalue weighted by atomic mass is 32.2. The molecule has 1 aliphatic rings. The molecule has 3 nitrogen and oxygen atoms in total. The lowest BCUT2D eigenvalue weighted by atomic mass is 10.2. The van der Waals surface area contributed by atoms with Gasteiger partial charge in [-0.1, -0.05) is 42.1 Å². The molecule has 98 valence electrons. The van der Waals surface area contributed by atoms with Crippen LogP contribution in [0.2, 0.25) is 0 Å². The van der Waals surface area contributed by atoms with Crippen LogP contribution in [0, 0.1) is 0 Å². The fraction of sp³-hybridized carbons (Fsp3) is 0.500. The minimum Gasteiger partial charge on any atom is -0.375 e. The van der Waals surface area contributed by atoms with Crippen LogP contribution in [0.5, 0.6) is 0 Å². The molecule has 4 heteroatoms.